The molecular formula is C12H14O7. The van der Waals surface area contributed by atoms with Crippen LogP contribution in [0, 0.1) is 0 Å². The van der Waals surface area contributed by atoms with E-state index in [2.05, 4.69) is 4.89 Å². The molecule has 0 unspecified atom stereocenters. The summed E-state index contributed by atoms with van der Waals surface area (Å²) in [5, 5.41) is 16.7. The van der Waals surface area contributed by atoms with Crippen molar-refractivity contribution in [2.75, 3.05) is 26.4 Å². The van der Waals surface area contributed by atoms with Crippen LogP contribution in [0.3, 0.4) is 0 Å². The number of esters is 1. The summed E-state index contributed by atoms with van der Waals surface area (Å²) < 4.78 is 9.86. The van der Waals surface area contributed by atoms with E-state index in [4.69, 9.17) is 19.8 Å². The van der Waals surface area contributed by atoms with Gasteiger partial charge in [-0.3, -0.25) is 5.26 Å². The van der Waals surface area contributed by atoms with Gasteiger partial charge in [0.05, 0.1) is 24.3 Å². The monoisotopic (exact) mass is 270 g/mol. The molecule has 0 aliphatic rings. The maximum absolute atomic E-state index is 11.5. The molecule has 1 aromatic carbocycles. The molecule has 0 aliphatic heterocycles. The summed E-state index contributed by atoms with van der Waals surface area (Å²) in [7, 11) is 0. The topological polar surface area (TPSA) is 102 Å². The highest BCUT2D eigenvalue weighted by atomic mass is 17.1. The highest BCUT2D eigenvalue weighted by Crippen LogP contribution is 2.06. The molecule has 19 heavy (non-hydrogen) atoms. The first-order valence-electron chi connectivity index (χ1n) is 5.49. The van der Waals surface area contributed by atoms with E-state index in [0.29, 0.717) is 0 Å². The number of carboxylic acid groups (broad SMARTS) is 1. The number of carbonyl (C=O) groups excluding carboxylic acids is 1. The molecule has 0 heterocycles. The summed E-state index contributed by atoms with van der Waals surface area (Å²) in [6, 6.07) is 5.42. The van der Waals surface area contributed by atoms with E-state index >= 15 is 0 Å². The molecule has 0 radical (unpaired) electrons. The molecule has 0 spiro atoms. The average molecular weight is 270 g/mol. The zero-order chi connectivity index (χ0) is 14.1. The maximum Gasteiger partial charge on any atom is 0.338 e. The second-order valence-corrected chi connectivity index (χ2v) is 3.46. The van der Waals surface area contributed by atoms with E-state index in [1.807, 2.05) is 0 Å². The van der Waals surface area contributed by atoms with Gasteiger partial charge in [-0.1, -0.05) is 0 Å². The Balaban J connectivity index is 2.31. The van der Waals surface area contributed by atoms with Crippen molar-refractivity contribution >= 4 is 11.9 Å². The van der Waals surface area contributed by atoms with E-state index in [1.54, 1.807) is 0 Å². The lowest BCUT2D eigenvalue weighted by atomic mass is 10.1. The zero-order valence-electron chi connectivity index (χ0n) is 10.1. The molecular weight excluding hydrogens is 256 g/mol. The van der Waals surface area contributed by atoms with Gasteiger partial charge in [-0.2, -0.15) is 0 Å². The number of hydrogen-bond acceptors (Lipinski definition) is 6. The van der Waals surface area contributed by atoms with Gasteiger partial charge in [0, 0.05) is 0 Å². The number of benzene rings is 1. The predicted molar refractivity (Wildman–Crippen MR) is 63.1 cm³/mol. The molecule has 1 rings (SSSR count). The van der Waals surface area contributed by atoms with Crippen molar-refractivity contribution in [1.82, 2.24) is 0 Å². The van der Waals surface area contributed by atoms with Crippen molar-refractivity contribution in [2.24, 2.45) is 0 Å². The molecule has 0 amide bonds. The number of rotatable bonds is 8. The minimum Gasteiger partial charge on any atom is -0.478 e. The van der Waals surface area contributed by atoms with Crippen molar-refractivity contribution in [3.8, 4) is 0 Å². The van der Waals surface area contributed by atoms with Crippen LogP contribution in [0.1, 0.15) is 20.7 Å². The van der Waals surface area contributed by atoms with Gasteiger partial charge >= 0.3 is 11.9 Å². The summed E-state index contributed by atoms with van der Waals surface area (Å²) in [6.45, 7) is 0.485. The standard InChI is InChI=1S/C12H14O7/c13-11(14)9-1-3-10(4-2-9)12(15)18-7-5-17-6-8-19-16/h1-4,16H,5-8H2,(H,13,14). The lowest BCUT2D eigenvalue weighted by Gasteiger charge is -2.05. The first kappa shape index (κ1) is 15.1. The molecule has 0 aliphatic carbocycles. The highest BCUT2D eigenvalue weighted by molar-refractivity contribution is 5.92. The van der Waals surface area contributed by atoms with Crippen LogP contribution in [0.4, 0.5) is 0 Å². The summed E-state index contributed by atoms with van der Waals surface area (Å²) in [4.78, 5) is 25.9. The number of ether oxygens (including phenoxy) is 2. The quantitative estimate of drug-likeness (QED) is 0.315. The first-order chi connectivity index (χ1) is 9.15. The molecule has 0 aromatic heterocycles. The van der Waals surface area contributed by atoms with Gasteiger partial charge in [-0.15, -0.1) is 0 Å². The van der Waals surface area contributed by atoms with E-state index in [1.165, 1.54) is 24.3 Å². The van der Waals surface area contributed by atoms with E-state index in [9.17, 15) is 9.59 Å². The van der Waals surface area contributed by atoms with Crippen LogP contribution in [0.5, 0.6) is 0 Å². The summed E-state index contributed by atoms with van der Waals surface area (Å²) in [5.41, 5.74) is 0.368. The minimum atomic E-state index is -1.06. The Kier molecular flexibility index (Phi) is 6.51. The third-order valence-electron chi connectivity index (χ3n) is 2.15. The lowest BCUT2D eigenvalue weighted by Crippen LogP contribution is -2.12. The number of carboxylic acids is 1. The summed E-state index contributed by atoms with van der Waals surface area (Å²) >= 11 is 0. The number of carbonyl (C=O) groups is 2. The molecule has 7 heteroatoms. The van der Waals surface area contributed by atoms with E-state index in [-0.39, 0.29) is 37.6 Å². The third kappa shape index (κ3) is 5.47. The largest absolute Gasteiger partial charge is 0.478 e. The van der Waals surface area contributed by atoms with Gasteiger partial charge in [-0.05, 0) is 24.3 Å². The summed E-state index contributed by atoms with van der Waals surface area (Å²) in [6.07, 6.45) is 0. The van der Waals surface area contributed by atoms with Crippen LogP contribution in [0.25, 0.3) is 0 Å². The molecule has 0 saturated heterocycles. The predicted octanol–water partition coefficient (Wildman–Crippen LogP) is 1.05. The summed E-state index contributed by atoms with van der Waals surface area (Å²) in [5.74, 6) is -1.61. The van der Waals surface area contributed by atoms with Crippen molar-refractivity contribution in [2.45, 2.75) is 0 Å². The van der Waals surface area contributed by atoms with Crippen molar-refractivity contribution in [1.29, 1.82) is 0 Å². The molecule has 0 atom stereocenters. The normalized spacial score (nSPS) is 10.2. The van der Waals surface area contributed by atoms with Crippen LogP contribution < -0.4 is 0 Å². The molecule has 7 nitrogen and oxygen atoms in total. The second-order valence-electron chi connectivity index (χ2n) is 3.46. The lowest BCUT2D eigenvalue weighted by molar-refractivity contribution is -0.249. The first-order valence-corrected chi connectivity index (χ1v) is 5.49. The maximum atomic E-state index is 11.5. The van der Waals surface area contributed by atoms with Crippen LogP contribution in [-0.2, 0) is 14.4 Å². The zero-order valence-corrected chi connectivity index (χ0v) is 10.1. The van der Waals surface area contributed by atoms with E-state index in [0.717, 1.165) is 0 Å². The van der Waals surface area contributed by atoms with Gasteiger partial charge in [0.2, 0.25) is 0 Å². The van der Waals surface area contributed by atoms with Crippen molar-refractivity contribution in [3.63, 3.8) is 0 Å². The van der Waals surface area contributed by atoms with Crippen molar-refractivity contribution in [3.05, 3.63) is 35.4 Å². The molecule has 2 N–H and O–H groups in total. The van der Waals surface area contributed by atoms with Crippen LogP contribution >= 0.6 is 0 Å². The second kappa shape index (κ2) is 8.20. The third-order valence-corrected chi connectivity index (χ3v) is 2.15. The fourth-order valence-corrected chi connectivity index (χ4v) is 1.22. The minimum absolute atomic E-state index is 0.0462. The van der Waals surface area contributed by atoms with Crippen LogP contribution in [0.15, 0.2) is 24.3 Å². The Bertz CT molecular complexity index is 413. The van der Waals surface area contributed by atoms with Gasteiger partial charge in [0.15, 0.2) is 0 Å². The smallest absolute Gasteiger partial charge is 0.338 e. The van der Waals surface area contributed by atoms with Gasteiger partial charge in [-0.25, -0.2) is 14.5 Å². The Morgan fingerprint density at radius 1 is 0.947 bits per heavy atom. The SMILES string of the molecule is O=C(O)c1ccc(C(=O)OCCOCCOO)cc1. The van der Waals surface area contributed by atoms with Crippen molar-refractivity contribution < 1.29 is 34.3 Å². The average Bonchev–Trinajstić information content (AvgIpc) is 2.42. The molecule has 104 valence electrons. The van der Waals surface area contributed by atoms with Gasteiger partial charge in [0.25, 0.3) is 0 Å². The van der Waals surface area contributed by atoms with Gasteiger partial charge in [0.1, 0.15) is 13.2 Å². The Hall–Kier alpha value is -1.96. The molecule has 0 saturated carbocycles. The van der Waals surface area contributed by atoms with Crippen LogP contribution in [-0.4, -0.2) is 48.7 Å². The number of aromatic carboxylic acids is 1. The molecule has 0 bridgehead atoms. The fraction of sp³-hybridized carbons (Fsp3) is 0.333. The number of hydrogen-bond donors (Lipinski definition) is 2. The van der Waals surface area contributed by atoms with Gasteiger partial charge < -0.3 is 14.6 Å². The Morgan fingerprint density at radius 2 is 1.53 bits per heavy atom. The fourth-order valence-electron chi connectivity index (χ4n) is 1.22. The highest BCUT2D eigenvalue weighted by Gasteiger charge is 2.08. The van der Waals surface area contributed by atoms with E-state index < -0.39 is 11.9 Å². The Labute approximate surface area is 109 Å². The molecule has 0 fully saturated rings. The Morgan fingerprint density at radius 3 is 2.11 bits per heavy atom. The van der Waals surface area contributed by atoms with Crippen LogP contribution in [0.2, 0.25) is 0 Å². The molecule has 1 aromatic rings.